The molecule has 178 valence electrons. The summed E-state index contributed by atoms with van der Waals surface area (Å²) in [6.45, 7) is 2.33. The van der Waals surface area contributed by atoms with Crippen LogP contribution in [0.4, 0.5) is 24.8 Å². The highest BCUT2D eigenvalue weighted by molar-refractivity contribution is 14.0. The molecule has 0 amide bonds. The van der Waals surface area contributed by atoms with Gasteiger partial charge in [0.1, 0.15) is 11.8 Å². The van der Waals surface area contributed by atoms with Crippen LogP contribution in [0.5, 0.6) is 0 Å². The smallest absolute Gasteiger partial charge is 0.368 e. The fraction of sp³-hybridized carbons (Fsp3) is 0.429. The van der Waals surface area contributed by atoms with E-state index in [0.717, 1.165) is 43.9 Å². The number of guanidine groups is 1. The minimum atomic E-state index is -4.51. The van der Waals surface area contributed by atoms with Crippen molar-refractivity contribution in [2.45, 2.75) is 25.1 Å². The summed E-state index contributed by atoms with van der Waals surface area (Å²) >= 11 is 0. The summed E-state index contributed by atoms with van der Waals surface area (Å²) in [4.78, 5) is 13.7. The first kappa shape index (κ1) is 26.4. The first-order valence-corrected chi connectivity index (χ1v) is 10.3. The molecule has 1 unspecified atom stereocenters. The van der Waals surface area contributed by atoms with Crippen LogP contribution in [0.15, 0.2) is 41.5 Å². The Morgan fingerprint density at radius 1 is 1.27 bits per heavy atom. The zero-order valence-electron chi connectivity index (χ0n) is 18.1. The zero-order chi connectivity index (χ0) is 23.0. The number of rotatable bonds is 6. The van der Waals surface area contributed by atoms with Gasteiger partial charge in [0, 0.05) is 45.5 Å². The number of para-hydroxylation sites is 1. The first-order chi connectivity index (χ1) is 15.4. The molecule has 1 aromatic heterocycles. The van der Waals surface area contributed by atoms with E-state index in [2.05, 4.69) is 41.9 Å². The van der Waals surface area contributed by atoms with Crippen molar-refractivity contribution in [1.29, 1.82) is 5.26 Å². The average Bonchev–Trinajstić information content (AvgIpc) is 2.80. The van der Waals surface area contributed by atoms with Crippen LogP contribution in [-0.2, 0) is 6.18 Å². The maximum Gasteiger partial charge on any atom is 0.433 e. The molecule has 3 N–H and O–H groups in total. The van der Waals surface area contributed by atoms with Crippen LogP contribution >= 0.6 is 24.0 Å². The SMILES string of the molecule is CN=C(NCCNc1nccc(C(F)(F)F)n1)NC1CCCN(c2ccccc2C#N)C1.I. The van der Waals surface area contributed by atoms with Gasteiger partial charge >= 0.3 is 6.18 Å². The van der Waals surface area contributed by atoms with Gasteiger partial charge in [0.25, 0.3) is 0 Å². The predicted octanol–water partition coefficient (Wildman–Crippen LogP) is 3.23. The number of nitriles is 1. The van der Waals surface area contributed by atoms with E-state index in [0.29, 0.717) is 24.6 Å². The van der Waals surface area contributed by atoms with Crippen molar-refractivity contribution in [3.05, 3.63) is 47.8 Å². The molecule has 33 heavy (non-hydrogen) atoms. The second-order valence-electron chi connectivity index (χ2n) is 7.25. The molecule has 0 spiro atoms. The van der Waals surface area contributed by atoms with E-state index in [1.165, 1.54) is 0 Å². The van der Waals surface area contributed by atoms with Crippen molar-refractivity contribution >= 4 is 41.6 Å². The third-order valence-corrected chi connectivity index (χ3v) is 5.00. The Morgan fingerprint density at radius 2 is 2.06 bits per heavy atom. The average molecular weight is 574 g/mol. The molecule has 1 saturated heterocycles. The molecule has 1 fully saturated rings. The molecule has 0 radical (unpaired) electrons. The Morgan fingerprint density at radius 3 is 2.79 bits per heavy atom. The van der Waals surface area contributed by atoms with Gasteiger partial charge in [-0.15, -0.1) is 24.0 Å². The van der Waals surface area contributed by atoms with E-state index in [-0.39, 0.29) is 36.0 Å². The van der Waals surface area contributed by atoms with Gasteiger partial charge in [-0.2, -0.15) is 18.4 Å². The third kappa shape index (κ3) is 7.62. The molecular formula is C21H26F3IN8. The molecule has 0 saturated carbocycles. The van der Waals surface area contributed by atoms with E-state index < -0.39 is 11.9 Å². The number of anilines is 2. The Kier molecular flexibility index (Phi) is 9.95. The highest BCUT2D eigenvalue weighted by atomic mass is 127. The van der Waals surface area contributed by atoms with Crippen molar-refractivity contribution in [3.63, 3.8) is 0 Å². The standard InChI is InChI=1S/C21H25F3N8.HI/c1-26-19(28-10-11-29-20-27-9-8-18(31-20)21(22,23)24)30-16-6-4-12-32(14-16)17-7-3-2-5-15(17)13-25;/h2-3,5,7-9,16H,4,6,10-12,14H2,1H3,(H2,26,28,30)(H,27,29,31);1H. The second-order valence-corrected chi connectivity index (χ2v) is 7.25. The lowest BCUT2D eigenvalue weighted by atomic mass is 10.0. The van der Waals surface area contributed by atoms with Gasteiger partial charge in [-0.25, -0.2) is 9.97 Å². The molecule has 12 heteroatoms. The Hall–Kier alpha value is -2.82. The number of benzene rings is 1. The van der Waals surface area contributed by atoms with E-state index >= 15 is 0 Å². The zero-order valence-corrected chi connectivity index (χ0v) is 20.4. The predicted molar refractivity (Wildman–Crippen MR) is 132 cm³/mol. The van der Waals surface area contributed by atoms with Gasteiger partial charge in [0.2, 0.25) is 5.95 Å². The number of aromatic nitrogens is 2. The highest BCUT2D eigenvalue weighted by Crippen LogP contribution is 2.27. The van der Waals surface area contributed by atoms with Crippen LogP contribution in [0.1, 0.15) is 24.1 Å². The van der Waals surface area contributed by atoms with E-state index in [1.807, 2.05) is 24.3 Å². The number of nitrogens with one attached hydrogen (secondary N) is 3. The second kappa shape index (κ2) is 12.4. The van der Waals surface area contributed by atoms with Gasteiger partial charge < -0.3 is 20.9 Å². The lowest BCUT2D eigenvalue weighted by Gasteiger charge is -2.35. The molecule has 0 aliphatic carbocycles. The highest BCUT2D eigenvalue weighted by Gasteiger charge is 2.32. The van der Waals surface area contributed by atoms with Gasteiger partial charge in [0.15, 0.2) is 5.96 Å². The fourth-order valence-corrected chi connectivity index (χ4v) is 3.50. The molecule has 1 atom stereocenters. The summed E-state index contributed by atoms with van der Waals surface area (Å²) in [5.74, 6) is 0.515. The van der Waals surface area contributed by atoms with Crippen molar-refractivity contribution in [3.8, 4) is 6.07 Å². The summed E-state index contributed by atoms with van der Waals surface area (Å²) in [6.07, 6.45) is -1.50. The number of hydrogen-bond donors (Lipinski definition) is 3. The van der Waals surface area contributed by atoms with Crippen LogP contribution in [0.2, 0.25) is 0 Å². The first-order valence-electron chi connectivity index (χ1n) is 10.3. The summed E-state index contributed by atoms with van der Waals surface area (Å²) in [5, 5.41) is 18.7. The van der Waals surface area contributed by atoms with Gasteiger partial charge in [-0.3, -0.25) is 4.99 Å². The molecule has 3 rings (SSSR count). The summed E-state index contributed by atoms with van der Waals surface area (Å²) in [6, 6.07) is 10.8. The van der Waals surface area contributed by atoms with Crippen LogP contribution < -0.4 is 20.9 Å². The van der Waals surface area contributed by atoms with Crippen LogP contribution in [0, 0.1) is 11.3 Å². The maximum atomic E-state index is 12.7. The quantitative estimate of drug-likeness (QED) is 0.211. The monoisotopic (exact) mass is 574 g/mol. The van der Waals surface area contributed by atoms with Crippen LogP contribution in [0.3, 0.4) is 0 Å². The number of aliphatic imine (C=N–C) groups is 1. The Balaban J connectivity index is 0.00000385. The van der Waals surface area contributed by atoms with Crippen LogP contribution in [0.25, 0.3) is 0 Å². The van der Waals surface area contributed by atoms with Gasteiger partial charge in [-0.1, -0.05) is 12.1 Å². The molecule has 2 aromatic rings. The third-order valence-electron chi connectivity index (χ3n) is 5.00. The Labute approximate surface area is 207 Å². The Bertz CT molecular complexity index is 976. The topological polar surface area (TPSA) is 101 Å². The molecule has 8 nitrogen and oxygen atoms in total. The van der Waals surface area contributed by atoms with E-state index in [1.54, 1.807) is 7.05 Å². The number of hydrogen-bond acceptors (Lipinski definition) is 6. The molecule has 0 bridgehead atoms. The van der Waals surface area contributed by atoms with E-state index in [4.69, 9.17) is 0 Å². The van der Waals surface area contributed by atoms with Crippen LogP contribution in [-0.4, -0.2) is 55.2 Å². The molecule has 1 aliphatic rings. The van der Waals surface area contributed by atoms with Crippen molar-refractivity contribution in [1.82, 2.24) is 20.6 Å². The number of piperidine rings is 1. The van der Waals surface area contributed by atoms with Crippen molar-refractivity contribution < 1.29 is 13.2 Å². The number of alkyl halides is 3. The summed E-state index contributed by atoms with van der Waals surface area (Å²) < 4.78 is 38.2. The van der Waals surface area contributed by atoms with Gasteiger partial charge in [-0.05, 0) is 31.0 Å². The molecule has 1 aliphatic heterocycles. The number of halogens is 4. The van der Waals surface area contributed by atoms with E-state index in [9.17, 15) is 18.4 Å². The molecule has 1 aromatic carbocycles. The molecule has 2 heterocycles. The van der Waals surface area contributed by atoms with Gasteiger partial charge in [0.05, 0.1) is 11.3 Å². The number of nitrogens with zero attached hydrogens (tertiary/aromatic N) is 5. The fourth-order valence-electron chi connectivity index (χ4n) is 3.50. The summed E-state index contributed by atoms with van der Waals surface area (Å²) in [7, 11) is 1.66. The summed E-state index contributed by atoms with van der Waals surface area (Å²) in [5.41, 5.74) is 0.591. The molecular weight excluding hydrogens is 548 g/mol. The normalized spacial score (nSPS) is 16.4. The maximum absolute atomic E-state index is 12.7. The lowest BCUT2D eigenvalue weighted by molar-refractivity contribution is -0.141. The minimum absolute atomic E-state index is 0. The van der Waals surface area contributed by atoms with Crippen molar-refractivity contribution in [2.24, 2.45) is 4.99 Å². The van der Waals surface area contributed by atoms with Crippen molar-refractivity contribution in [2.75, 3.05) is 43.4 Å². The lowest BCUT2D eigenvalue weighted by Crippen LogP contribution is -2.51. The minimum Gasteiger partial charge on any atom is -0.368 e. The largest absolute Gasteiger partial charge is 0.433 e.